The van der Waals surface area contributed by atoms with Crippen LogP contribution in [0.5, 0.6) is 5.75 Å². The molecule has 0 amide bonds. The van der Waals surface area contributed by atoms with Gasteiger partial charge in [0, 0.05) is 29.3 Å². The molecule has 0 heterocycles. The van der Waals surface area contributed by atoms with Crippen LogP contribution in [0, 0.1) is 0 Å². The predicted octanol–water partition coefficient (Wildman–Crippen LogP) is 1.61. The van der Waals surface area contributed by atoms with Gasteiger partial charge in [-0.3, -0.25) is 0 Å². The average molecular weight is 274 g/mol. The van der Waals surface area contributed by atoms with Gasteiger partial charge in [0.2, 0.25) is 0 Å². The summed E-state index contributed by atoms with van der Waals surface area (Å²) in [4.78, 5) is 0. The molecule has 108 valence electrons. The summed E-state index contributed by atoms with van der Waals surface area (Å²) in [5.74, 6) is 0.508. The van der Waals surface area contributed by atoms with Gasteiger partial charge in [-0.05, 0) is 24.1 Å². The zero-order chi connectivity index (χ0) is 20.0. The molecular weight excluding hydrogens is 242 g/mol. The Morgan fingerprint density at radius 3 is 2.74 bits per heavy atom. The minimum Gasteiger partial charge on any atom is -0.491 e. The monoisotopic (exact) mass is 274 g/mol. The minimum atomic E-state index is -3.09. The van der Waals surface area contributed by atoms with Crippen LogP contribution in [0.4, 0.5) is 0 Å². The van der Waals surface area contributed by atoms with Crippen molar-refractivity contribution in [3.63, 3.8) is 0 Å². The lowest BCUT2D eigenvalue weighted by Crippen LogP contribution is -2.35. The van der Waals surface area contributed by atoms with Gasteiger partial charge in [-0.2, -0.15) is 0 Å². The van der Waals surface area contributed by atoms with Crippen molar-refractivity contribution >= 4 is 0 Å². The highest BCUT2D eigenvalue weighted by atomic mass is 16.5. The molecule has 1 aromatic rings. The predicted molar refractivity (Wildman–Crippen MR) is 76.7 cm³/mol. The van der Waals surface area contributed by atoms with E-state index in [0.29, 0.717) is 12.4 Å². The van der Waals surface area contributed by atoms with Crippen LogP contribution in [0.3, 0.4) is 0 Å². The second-order valence-electron chi connectivity index (χ2n) is 4.11. The van der Waals surface area contributed by atoms with Crippen molar-refractivity contribution in [1.29, 1.82) is 0 Å². The fraction of sp³-hybridized carbons (Fsp3) is 0.600. The summed E-state index contributed by atoms with van der Waals surface area (Å²) in [6.45, 7) is -6.16. The maximum Gasteiger partial charge on any atom is 0.119 e. The summed E-state index contributed by atoms with van der Waals surface area (Å²) in [6.07, 6.45) is -0.420. The lowest BCUT2D eigenvalue weighted by molar-refractivity contribution is 0.104. The highest BCUT2D eigenvalue weighted by Gasteiger charge is 2.05. The fourth-order valence-electron chi connectivity index (χ4n) is 1.44. The Labute approximate surface area is 125 Å². The topological polar surface area (TPSA) is 50.7 Å². The van der Waals surface area contributed by atoms with Crippen molar-refractivity contribution in [3.8, 4) is 5.75 Å². The Balaban J connectivity index is 2.54. The summed E-state index contributed by atoms with van der Waals surface area (Å²) in [7, 11) is 1.62. The molecule has 2 N–H and O–H groups in total. The molecule has 0 saturated heterocycles. The van der Waals surface area contributed by atoms with E-state index in [4.69, 9.17) is 19.1 Å². The molecule has 0 aliphatic carbocycles. The highest BCUT2D eigenvalue weighted by Crippen LogP contribution is 2.12. The SMILES string of the molecule is [2H]C([2H])([2H])C([2H])(NC[C@@H](O)COc1ccc(CCOC)cc1)C([2H])([2H])[2H]. The maximum atomic E-state index is 9.92. The molecule has 4 heteroatoms. The Morgan fingerprint density at radius 2 is 2.11 bits per heavy atom. The van der Waals surface area contributed by atoms with Crippen molar-refractivity contribution in [2.45, 2.75) is 32.2 Å². The van der Waals surface area contributed by atoms with Crippen molar-refractivity contribution in [2.24, 2.45) is 0 Å². The first kappa shape index (κ1) is 8.25. The lowest BCUT2D eigenvalue weighted by atomic mass is 10.1. The molecule has 0 aliphatic heterocycles. The number of aliphatic hydroxyl groups is 1. The minimum absolute atomic E-state index is 0.178. The molecule has 0 fully saturated rings. The summed E-state index contributed by atoms with van der Waals surface area (Å²) in [6, 6.07) is 4.30. The quantitative estimate of drug-likeness (QED) is 0.718. The van der Waals surface area contributed by atoms with Crippen molar-refractivity contribution < 1.29 is 24.2 Å². The molecule has 1 atom stereocenters. The smallest absolute Gasteiger partial charge is 0.119 e. The number of hydrogen-bond acceptors (Lipinski definition) is 4. The average Bonchev–Trinajstić information content (AvgIpc) is 2.54. The second-order valence-corrected chi connectivity index (χ2v) is 4.11. The first-order valence-corrected chi connectivity index (χ1v) is 6.04. The molecule has 0 aliphatic rings. The van der Waals surface area contributed by atoms with Gasteiger partial charge in [0.1, 0.15) is 18.5 Å². The standard InChI is InChI=1S/C15H25NO3/c1-12(2)16-10-14(17)11-19-15-6-4-13(5-7-15)8-9-18-3/h4-7,12,14,16-17H,8-11H2,1-3H3/t14-/m1/s1/i1D3,2D3,12D. The van der Waals surface area contributed by atoms with Gasteiger partial charge in [-0.15, -0.1) is 0 Å². The zero-order valence-electron chi connectivity index (χ0n) is 18.0. The largest absolute Gasteiger partial charge is 0.491 e. The number of benzene rings is 1. The van der Waals surface area contributed by atoms with Gasteiger partial charge in [0.15, 0.2) is 0 Å². The molecule has 4 nitrogen and oxygen atoms in total. The van der Waals surface area contributed by atoms with Crippen LogP contribution in [0.25, 0.3) is 0 Å². The van der Waals surface area contributed by atoms with Crippen LogP contribution in [-0.4, -0.2) is 44.1 Å². The van der Waals surface area contributed by atoms with E-state index in [1.165, 1.54) is 0 Å². The molecule has 19 heavy (non-hydrogen) atoms. The maximum absolute atomic E-state index is 9.92. The van der Waals surface area contributed by atoms with E-state index in [-0.39, 0.29) is 6.61 Å². The van der Waals surface area contributed by atoms with E-state index in [9.17, 15) is 5.11 Å². The third kappa shape index (κ3) is 7.15. The lowest BCUT2D eigenvalue weighted by Gasteiger charge is -2.15. The number of nitrogens with one attached hydrogen (secondary N) is 1. The van der Waals surface area contributed by atoms with Crippen molar-refractivity contribution in [1.82, 2.24) is 5.32 Å². The number of rotatable bonds is 9. The van der Waals surface area contributed by atoms with Crippen LogP contribution in [-0.2, 0) is 11.2 Å². The van der Waals surface area contributed by atoms with E-state index >= 15 is 0 Å². The van der Waals surface area contributed by atoms with Crippen LogP contribution in [0.2, 0.25) is 0 Å². The van der Waals surface area contributed by atoms with E-state index in [2.05, 4.69) is 5.32 Å². The normalized spacial score (nSPS) is 20.0. The summed E-state index contributed by atoms with van der Waals surface area (Å²) in [5.41, 5.74) is 1.07. The Morgan fingerprint density at radius 1 is 1.37 bits per heavy atom. The van der Waals surface area contributed by atoms with Gasteiger partial charge >= 0.3 is 0 Å². The van der Waals surface area contributed by atoms with Gasteiger partial charge in [-0.25, -0.2) is 0 Å². The first-order valence-electron chi connectivity index (χ1n) is 9.54. The molecule has 1 aromatic carbocycles. The molecule has 0 radical (unpaired) electrons. The molecule has 0 spiro atoms. The molecule has 1 rings (SSSR count). The van der Waals surface area contributed by atoms with E-state index < -0.39 is 32.4 Å². The molecular formula is C15H25NO3. The van der Waals surface area contributed by atoms with E-state index in [1.54, 1.807) is 19.2 Å². The van der Waals surface area contributed by atoms with Crippen LogP contribution >= 0.6 is 0 Å². The Bertz CT molecular complexity index is 532. The zero-order valence-corrected chi connectivity index (χ0v) is 11.0. The van der Waals surface area contributed by atoms with E-state index in [1.807, 2.05) is 12.1 Å². The number of methoxy groups -OCH3 is 1. The van der Waals surface area contributed by atoms with Gasteiger partial charge < -0.3 is 19.9 Å². The number of aliphatic hydroxyl groups excluding tert-OH is 1. The summed E-state index contributed by atoms with van der Waals surface area (Å²) in [5, 5.41) is 12.1. The van der Waals surface area contributed by atoms with Crippen LogP contribution < -0.4 is 10.1 Å². The second kappa shape index (κ2) is 8.91. The third-order valence-corrected chi connectivity index (χ3v) is 2.48. The molecule has 0 bridgehead atoms. The summed E-state index contributed by atoms with van der Waals surface area (Å²) < 4.78 is 61.9. The van der Waals surface area contributed by atoms with Gasteiger partial charge in [0.25, 0.3) is 0 Å². The molecule has 0 aromatic heterocycles. The third-order valence-electron chi connectivity index (χ3n) is 2.48. The fourth-order valence-corrected chi connectivity index (χ4v) is 1.44. The van der Waals surface area contributed by atoms with Gasteiger partial charge in [-0.1, -0.05) is 25.8 Å². The van der Waals surface area contributed by atoms with Crippen LogP contribution in [0.15, 0.2) is 24.3 Å². The highest BCUT2D eigenvalue weighted by molar-refractivity contribution is 5.27. The number of hydrogen-bond donors (Lipinski definition) is 2. The molecule has 0 unspecified atom stereocenters. The van der Waals surface area contributed by atoms with Gasteiger partial charge in [0.05, 0.1) is 6.61 Å². The number of ether oxygens (including phenoxy) is 2. The summed E-state index contributed by atoms with van der Waals surface area (Å²) >= 11 is 0. The van der Waals surface area contributed by atoms with E-state index in [0.717, 1.165) is 12.0 Å². The van der Waals surface area contributed by atoms with Crippen LogP contribution in [0.1, 0.15) is 28.9 Å². The Hall–Kier alpha value is -1.10. The van der Waals surface area contributed by atoms with Crippen molar-refractivity contribution in [3.05, 3.63) is 29.8 Å². The van der Waals surface area contributed by atoms with Crippen molar-refractivity contribution in [2.75, 3.05) is 26.9 Å². The Kier molecular flexibility index (Phi) is 3.87. The molecule has 0 saturated carbocycles. The first-order chi connectivity index (χ1) is 11.9.